The number of hydrogen-bond donors (Lipinski definition) is 0. The average molecular weight is 463 g/mol. The Bertz CT molecular complexity index is 1120. The van der Waals surface area contributed by atoms with Gasteiger partial charge in [0.1, 0.15) is 0 Å². The number of fused-ring (bicyclic) bond motifs is 3. The molecule has 0 bridgehead atoms. The van der Waals surface area contributed by atoms with E-state index in [4.69, 9.17) is 11.6 Å². The second kappa shape index (κ2) is 7.42. The van der Waals surface area contributed by atoms with Gasteiger partial charge in [-0.25, -0.2) is 4.90 Å². The fraction of sp³-hybridized carbons (Fsp3) is 0.348. The van der Waals surface area contributed by atoms with Crippen molar-refractivity contribution in [2.75, 3.05) is 11.4 Å². The van der Waals surface area contributed by atoms with Crippen LogP contribution in [0.2, 0.25) is 5.02 Å². The standard InChI is InChI=1S/C23H18ClF3N2O3/c24-14-8-6-12(7-9-14)20(30)19-18-17(16-5-2-10-28(16)19)21(31)29(22(18)32)15-4-1-3-13(11-15)23(25,26)27/h1,3-4,6-9,11,16-19H,2,5,10H2/t16-,17+,18+,19-/m0/s1. The van der Waals surface area contributed by atoms with Crippen molar-refractivity contribution < 1.29 is 27.6 Å². The van der Waals surface area contributed by atoms with Crippen LogP contribution in [0.1, 0.15) is 28.8 Å². The molecule has 2 aromatic carbocycles. The lowest BCUT2D eigenvalue weighted by Gasteiger charge is -2.27. The second-order valence-electron chi connectivity index (χ2n) is 8.37. The fourth-order valence-electron chi connectivity index (χ4n) is 5.38. The molecule has 9 heteroatoms. The maximum Gasteiger partial charge on any atom is 0.416 e. The molecule has 0 radical (unpaired) electrons. The minimum Gasteiger partial charge on any atom is -0.292 e. The third-order valence-electron chi connectivity index (χ3n) is 6.68. The van der Waals surface area contributed by atoms with E-state index >= 15 is 0 Å². The Kier molecular flexibility index (Phi) is 4.90. The van der Waals surface area contributed by atoms with Crippen molar-refractivity contribution in [3.05, 3.63) is 64.7 Å². The zero-order valence-electron chi connectivity index (χ0n) is 16.7. The lowest BCUT2D eigenvalue weighted by molar-refractivity contribution is -0.137. The van der Waals surface area contributed by atoms with Gasteiger partial charge in [0.2, 0.25) is 11.8 Å². The third kappa shape index (κ3) is 3.16. The van der Waals surface area contributed by atoms with Crippen molar-refractivity contribution in [1.82, 2.24) is 4.90 Å². The number of carbonyl (C=O) groups excluding carboxylic acids is 3. The van der Waals surface area contributed by atoms with Crippen molar-refractivity contribution in [2.45, 2.75) is 31.1 Å². The molecule has 3 saturated heterocycles. The van der Waals surface area contributed by atoms with E-state index in [1.165, 1.54) is 12.1 Å². The van der Waals surface area contributed by atoms with Crippen LogP contribution in [-0.4, -0.2) is 41.1 Å². The summed E-state index contributed by atoms with van der Waals surface area (Å²) in [5.74, 6) is -3.12. The molecule has 0 aromatic heterocycles. The number of hydrogen-bond acceptors (Lipinski definition) is 4. The van der Waals surface area contributed by atoms with E-state index < -0.39 is 41.4 Å². The van der Waals surface area contributed by atoms with Gasteiger partial charge in [-0.15, -0.1) is 0 Å². The number of amides is 2. The van der Waals surface area contributed by atoms with Gasteiger partial charge in [-0.3, -0.25) is 19.3 Å². The van der Waals surface area contributed by atoms with Crippen LogP contribution < -0.4 is 4.90 Å². The van der Waals surface area contributed by atoms with Crippen molar-refractivity contribution in [3.8, 4) is 0 Å². The molecule has 3 heterocycles. The predicted octanol–water partition coefficient (Wildman–Crippen LogP) is 4.19. The van der Waals surface area contributed by atoms with Gasteiger partial charge >= 0.3 is 6.18 Å². The summed E-state index contributed by atoms with van der Waals surface area (Å²) in [5, 5.41) is 0.465. The van der Waals surface area contributed by atoms with Crippen molar-refractivity contribution >= 4 is 34.9 Å². The highest BCUT2D eigenvalue weighted by atomic mass is 35.5. The molecule has 4 atom stereocenters. The zero-order chi connectivity index (χ0) is 22.8. The van der Waals surface area contributed by atoms with E-state index in [0.717, 1.165) is 23.5 Å². The Hall–Kier alpha value is -2.71. The van der Waals surface area contributed by atoms with Gasteiger partial charge < -0.3 is 0 Å². The number of rotatable bonds is 3. The molecule has 5 rings (SSSR count). The molecule has 0 spiro atoms. The highest BCUT2D eigenvalue weighted by Gasteiger charge is 2.64. The molecule has 2 amide bonds. The summed E-state index contributed by atoms with van der Waals surface area (Å²) in [5.41, 5.74) is -0.682. The van der Waals surface area contributed by atoms with E-state index in [1.807, 2.05) is 4.90 Å². The van der Waals surface area contributed by atoms with Crippen molar-refractivity contribution in [2.24, 2.45) is 11.8 Å². The molecule has 3 aliphatic heterocycles. The molecule has 2 aromatic rings. The van der Waals surface area contributed by atoms with Gasteiger partial charge in [0.05, 0.1) is 29.1 Å². The largest absolute Gasteiger partial charge is 0.416 e. The summed E-state index contributed by atoms with van der Waals surface area (Å²) in [6, 6.07) is 9.39. The van der Waals surface area contributed by atoms with Crippen LogP contribution in [0.3, 0.4) is 0 Å². The molecule has 0 N–H and O–H groups in total. The van der Waals surface area contributed by atoms with Crippen molar-refractivity contribution in [3.63, 3.8) is 0 Å². The molecule has 3 aliphatic rings. The number of imide groups is 1. The van der Waals surface area contributed by atoms with Gasteiger partial charge in [-0.1, -0.05) is 17.7 Å². The molecule has 166 valence electrons. The predicted molar refractivity (Wildman–Crippen MR) is 110 cm³/mol. The van der Waals surface area contributed by atoms with Gasteiger partial charge in [0.25, 0.3) is 0 Å². The van der Waals surface area contributed by atoms with Crippen LogP contribution in [-0.2, 0) is 15.8 Å². The number of Topliss-reactive ketones (excluding diaryl/α,β-unsaturated/α-hetero) is 1. The van der Waals surface area contributed by atoms with Crippen LogP contribution in [0.25, 0.3) is 0 Å². The highest BCUT2D eigenvalue weighted by Crippen LogP contribution is 2.48. The zero-order valence-corrected chi connectivity index (χ0v) is 17.4. The van der Waals surface area contributed by atoms with E-state index in [2.05, 4.69) is 0 Å². The van der Waals surface area contributed by atoms with Crippen LogP contribution in [0.15, 0.2) is 48.5 Å². The third-order valence-corrected chi connectivity index (χ3v) is 6.93. The minimum atomic E-state index is -4.60. The van der Waals surface area contributed by atoms with Crippen LogP contribution >= 0.6 is 11.6 Å². The van der Waals surface area contributed by atoms with E-state index in [-0.39, 0.29) is 17.5 Å². The smallest absolute Gasteiger partial charge is 0.292 e. The van der Waals surface area contributed by atoms with E-state index in [9.17, 15) is 27.6 Å². The Morgan fingerprint density at radius 1 is 1.00 bits per heavy atom. The summed E-state index contributed by atoms with van der Waals surface area (Å²) in [6.45, 7) is 0.589. The second-order valence-corrected chi connectivity index (χ2v) is 8.81. The summed E-state index contributed by atoms with van der Waals surface area (Å²) in [7, 11) is 0. The number of anilines is 1. The summed E-state index contributed by atoms with van der Waals surface area (Å²) >= 11 is 5.92. The summed E-state index contributed by atoms with van der Waals surface area (Å²) < 4.78 is 39.6. The van der Waals surface area contributed by atoms with Gasteiger partial charge in [0.15, 0.2) is 5.78 Å². The van der Waals surface area contributed by atoms with Gasteiger partial charge in [-0.2, -0.15) is 13.2 Å². The van der Waals surface area contributed by atoms with Crippen molar-refractivity contribution in [1.29, 1.82) is 0 Å². The maximum absolute atomic E-state index is 13.4. The maximum atomic E-state index is 13.4. The first-order valence-corrected chi connectivity index (χ1v) is 10.7. The highest BCUT2D eigenvalue weighted by molar-refractivity contribution is 6.30. The van der Waals surface area contributed by atoms with Gasteiger partial charge in [-0.05, 0) is 61.9 Å². The molecule has 0 saturated carbocycles. The van der Waals surface area contributed by atoms with Crippen LogP contribution in [0.5, 0.6) is 0 Å². The first kappa shape index (κ1) is 21.2. The quantitative estimate of drug-likeness (QED) is 0.507. The Labute approximate surface area is 186 Å². The normalized spacial score (nSPS) is 27.7. The molecule has 3 fully saturated rings. The molecular formula is C23H18ClF3N2O3. The lowest BCUT2D eigenvalue weighted by Crippen LogP contribution is -2.46. The first-order valence-electron chi connectivity index (χ1n) is 10.3. The Balaban J connectivity index is 1.54. The molecule has 5 nitrogen and oxygen atoms in total. The average Bonchev–Trinajstić information content (AvgIpc) is 3.39. The van der Waals surface area contributed by atoms with Gasteiger partial charge in [0, 0.05) is 16.6 Å². The molecule has 32 heavy (non-hydrogen) atoms. The number of alkyl halides is 3. The molecule has 0 unspecified atom stereocenters. The lowest BCUT2D eigenvalue weighted by atomic mass is 9.85. The fourth-order valence-corrected chi connectivity index (χ4v) is 5.50. The number of ketones is 1. The van der Waals surface area contributed by atoms with E-state index in [1.54, 1.807) is 24.3 Å². The summed E-state index contributed by atoms with van der Waals surface area (Å²) in [4.78, 5) is 42.9. The molecular weight excluding hydrogens is 445 g/mol. The number of benzene rings is 2. The topological polar surface area (TPSA) is 57.7 Å². The Morgan fingerprint density at radius 2 is 1.69 bits per heavy atom. The first-order chi connectivity index (χ1) is 15.2. The van der Waals surface area contributed by atoms with E-state index in [0.29, 0.717) is 23.6 Å². The monoisotopic (exact) mass is 462 g/mol. The Morgan fingerprint density at radius 3 is 2.38 bits per heavy atom. The van der Waals surface area contributed by atoms with Crippen LogP contribution in [0, 0.1) is 11.8 Å². The number of nitrogens with zero attached hydrogens (tertiary/aromatic N) is 2. The number of halogens is 4. The molecule has 0 aliphatic carbocycles. The number of carbonyl (C=O) groups is 3. The minimum absolute atomic E-state index is 0.119. The summed E-state index contributed by atoms with van der Waals surface area (Å²) in [6.07, 6.45) is -3.17. The van der Waals surface area contributed by atoms with Crippen LogP contribution in [0.4, 0.5) is 18.9 Å². The SMILES string of the molecule is O=C(c1ccc(Cl)cc1)[C@@H]1[C@@H]2C(=O)N(c3cccc(C(F)(F)F)c3)C(=O)[C@@H]2[C@@H]2CCCN12.